The van der Waals surface area contributed by atoms with E-state index in [9.17, 15) is 18.4 Å². The molecule has 0 aliphatic carbocycles. The number of rotatable bonds is 2. The topological polar surface area (TPSA) is 82.0 Å². The van der Waals surface area contributed by atoms with Crippen LogP contribution in [0.1, 0.15) is 30.5 Å². The molecule has 0 fully saturated rings. The molecule has 8 heteroatoms. The number of halogens is 3. The first-order valence-electron chi connectivity index (χ1n) is 7.77. The van der Waals surface area contributed by atoms with Gasteiger partial charge in [-0.3, -0.25) is 9.59 Å². The highest BCUT2D eigenvalue weighted by Gasteiger charge is 2.10. The second-order valence-corrected chi connectivity index (χ2v) is 6.46. The molecule has 2 amide bonds. The lowest BCUT2D eigenvalue weighted by molar-refractivity contribution is -0.115. The van der Waals surface area contributed by atoms with Crippen molar-refractivity contribution in [3.63, 3.8) is 0 Å². The van der Waals surface area contributed by atoms with Gasteiger partial charge in [0.05, 0.1) is 23.0 Å². The zero-order valence-corrected chi connectivity index (χ0v) is 16.8. The standard InChI is InChI=1S/C10H9FN2O.C9H9BrFNO/c1-6-8(5-12)3-4-9(10(6)11)13-7(2)14;1-5-7(10)3-4-8(9(5)11)12-6(2)13/h3-4H,1-2H3,(H,13,14);3-4H,1-2H3,(H,12,13). The maximum absolute atomic E-state index is 13.4. The molecule has 5 nitrogen and oxygen atoms in total. The average Bonchev–Trinajstić information content (AvgIpc) is 2.60. The van der Waals surface area contributed by atoms with E-state index in [0.717, 1.165) is 0 Å². The molecular formula is C19H18BrF2N3O2. The molecule has 0 aliphatic rings. The first-order chi connectivity index (χ1) is 12.6. The molecule has 0 saturated heterocycles. The van der Waals surface area contributed by atoms with Crippen LogP contribution < -0.4 is 10.6 Å². The van der Waals surface area contributed by atoms with E-state index in [1.165, 1.54) is 39.0 Å². The van der Waals surface area contributed by atoms with Crippen molar-refractivity contribution in [3.8, 4) is 6.07 Å². The lowest BCUT2D eigenvalue weighted by atomic mass is 10.1. The second-order valence-electron chi connectivity index (χ2n) is 5.61. The van der Waals surface area contributed by atoms with Crippen molar-refractivity contribution in [1.29, 1.82) is 5.26 Å². The number of nitrogens with zero attached hydrogens (tertiary/aromatic N) is 1. The van der Waals surface area contributed by atoms with Crippen molar-refractivity contribution < 1.29 is 18.4 Å². The summed E-state index contributed by atoms with van der Waals surface area (Å²) in [5, 5.41) is 13.4. The number of amides is 2. The molecular weight excluding hydrogens is 420 g/mol. The van der Waals surface area contributed by atoms with Crippen molar-refractivity contribution in [3.05, 3.63) is 57.1 Å². The fourth-order valence-electron chi connectivity index (χ4n) is 2.04. The van der Waals surface area contributed by atoms with Crippen LogP contribution in [-0.4, -0.2) is 11.8 Å². The van der Waals surface area contributed by atoms with Gasteiger partial charge in [-0.2, -0.15) is 5.26 Å². The van der Waals surface area contributed by atoms with Crippen molar-refractivity contribution in [2.75, 3.05) is 10.6 Å². The lowest BCUT2D eigenvalue weighted by Gasteiger charge is -2.06. The molecule has 0 bridgehead atoms. The number of nitriles is 1. The summed E-state index contributed by atoms with van der Waals surface area (Å²) in [5.41, 5.74) is 1.34. The highest BCUT2D eigenvalue weighted by atomic mass is 79.9. The van der Waals surface area contributed by atoms with Crippen LogP contribution in [0.3, 0.4) is 0 Å². The fourth-order valence-corrected chi connectivity index (χ4v) is 2.35. The Hall–Kier alpha value is -2.79. The van der Waals surface area contributed by atoms with Crippen LogP contribution in [0.2, 0.25) is 0 Å². The summed E-state index contributed by atoms with van der Waals surface area (Å²) in [5.74, 6) is -1.57. The van der Waals surface area contributed by atoms with Crippen LogP contribution in [-0.2, 0) is 9.59 Å². The highest BCUT2D eigenvalue weighted by molar-refractivity contribution is 9.10. The minimum absolute atomic E-state index is 0.106. The summed E-state index contributed by atoms with van der Waals surface area (Å²) in [6, 6.07) is 7.94. The average molecular weight is 438 g/mol. The Bertz CT molecular complexity index is 924. The van der Waals surface area contributed by atoms with E-state index in [2.05, 4.69) is 26.6 Å². The van der Waals surface area contributed by atoms with Crippen molar-refractivity contribution in [1.82, 2.24) is 0 Å². The number of anilines is 2. The summed E-state index contributed by atoms with van der Waals surface area (Å²) < 4.78 is 27.5. The number of carbonyl (C=O) groups is 2. The Balaban J connectivity index is 0.000000271. The molecule has 0 aromatic heterocycles. The monoisotopic (exact) mass is 437 g/mol. The minimum atomic E-state index is -0.556. The lowest BCUT2D eigenvalue weighted by Crippen LogP contribution is -2.08. The van der Waals surface area contributed by atoms with Gasteiger partial charge in [0.2, 0.25) is 11.8 Å². The van der Waals surface area contributed by atoms with E-state index in [-0.39, 0.29) is 34.3 Å². The third-order valence-electron chi connectivity index (χ3n) is 3.45. The summed E-state index contributed by atoms with van der Waals surface area (Å²) in [7, 11) is 0. The molecule has 2 N–H and O–H groups in total. The maximum Gasteiger partial charge on any atom is 0.221 e. The van der Waals surface area contributed by atoms with Gasteiger partial charge >= 0.3 is 0 Å². The Kier molecular flexibility index (Phi) is 8.06. The van der Waals surface area contributed by atoms with Crippen LogP contribution in [0, 0.1) is 36.8 Å². The molecule has 2 aromatic rings. The van der Waals surface area contributed by atoms with Gasteiger partial charge in [-0.05, 0) is 38.1 Å². The van der Waals surface area contributed by atoms with Gasteiger partial charge in [0.1, 0.15) is 0 Å². The molecule has 0 spiro atoms. The zero-order chi connectivity index (χ0) is 20.7. The Labute approximate surface area is 164 Å². The quantitative estimate of drug-likeness (QED) is 0.706. The molecule has 0 atom stereocenters. The van der Waals surface area contributed by atoms with Gasteiger partial charge < -0.3 is 10.6 Å². The van der Waals surface area contributed by atoms with Gasteiger partial charge in [0, 0.05) is 29.4 Å². The van der Waals surface area contributed by atoms with E-state index in [1.807, 2.05) is 6.07 Å². The molecule has 2 aromatic carbocycles. The molecule has 142 valence electrons. The van der Waals surface area contributed by atoms with Crippen LogP contribution in [0.4, 0.5) is 20.2 Å². The molecule has 0 radical (unpaired) electrons. The molecule has 2 rings (SSSR count). The van der Waals surface area contributed by atoms with E-state index in [4.69, 9.17) is 5.26 Å². The van der Waals surface area contributed by atoms with E-state index < -0.39 is 11.6 Å². The SMILES string of the molecule is CC(=O)Nc1ccc(Br)c(C)c1F.CC(=O)Nc1ccc(C#N)c(C)c1F. The van der Waals surface area contributed by atoms with Crippen molar-refractivity contribution in [2.45, 2.75) is 27.7 Å². The van der Waals surface area contributed by atoms with E-state index in [0.29, 0.717) is 10.0 Å². The smallest absolute Gasteiger partial charge is 0.221 e. The maximum atomic E-state index is 13.4. The van der Waals surface area contributed by atoms with Crippen molar-refractivity contribution >= 4 is 39.1 Å². The van der Waals surface area contributed by atoms with Crippen LogP contribution in [0.15, 0.2) is 28.7 Å². The first kappa shape index (κ1) is 22.3. The largest absolute Gasteiger partial charge is 0.324 e. The third-order valence-corrected chi connectivity index (χ3v) is 4.31. The normalized spacial score (nSPS) is 9.56. The highest BCUT2D eigenvalue weighted by Crippen LogP contribution is 2.25. The van der Waals surface area contributed by atoms with Gasteiger partial charge in [-0.15, -0.1) is 0 Å². The minimum Gasteiger partial charge on any atom is -0.324 e. The molecule has 0 saturated carbocycles. The van der Waals surface area contributed by atoms with Gasteiger partial charge in [-0.1, -0.05) is 15.9 Å². The molecule has 0 aliphatic heterocycles. The summed E-state index contributed by atoms with van der Waals surface area (Å²) in [6.45, 7) is 5.79. The second kappa shape index (κ2) is 9.78. The predicted octanol–water partition coefficient (Wildman–Crippen LogP) is 4.82. The number of hydrogen-bond donors (Lipinski definition) is 2. The Morgan fingerprint density at radius 1 is 0.926 bits per heavy atom. The number of nitrogens with one attached hydrogen (secondary N) is 2. The molecule has 0 heterocycles. The van der Waals surface area contributed by atoms with Crippen LogP contribution in [0.25, 0.3) is 0 Å². The predicted molar refractivity (Wildman–Crippen MR) is 103 cm³/mol. The summed E-state index contributed by atoms with van der Waals surface area (Å²) in [4.78, 5) is 21.4. The Morgan fingerprint density at radius 2 is 1.37 bits per heavy atom. The van der Waals surface area contributed by atoms with Gasteiger partial charge in [0.25, 0.3) is 0 Å². The Morgan fingerprint density at radius 3 is 1.81 bits per heavy atom. The zero-order valence-electron chi connectivity index (χ0n) is 15.2. The fraction of sp³-hybridized carbons (Fsp3) is 0.211. The summed E-state index contributed by atoms with van der Waals surface area (Å²) >= 11 is 3.19. The number of benzene rings is 2. The summed E-state index contributed by atoms with van der Waals surface area (Å²) in [6.07, 6.45) is 0. The molecule has 27 heavy (non-hydrogen) atoms. The van der Waals surface area contributed by atoms with Crippen LogP contribution >= 0.6 is 15.9 Å². The van der Waals surface area contributed by atoms with E-state index >= 15 is 0 Å². The number of hydrogen-bond acceptors (Lipinski definition) is 3. The molecule has 0 unspecified atom stereocenters. The van der Waals surface area contributed by atoms with Crippen molar-refractivity contribution in [2.24, 2.45) is 0 Å². The van der Waals surface area contributed by atoms with Gasteiger partial charge in [0.15, 0.2) is 11.6 Å². The van der Waals surface area contributed by atoms with Gasteiger partial charge in [-0.25, -0.2) is 8.78 Å². The van der Waals surface area contributed by atoms with Crippen LogP contribution in [0.5, 0.6) is 0 Å². The first-order valence-corrected chi connectivity index (χ1v) is 8.56. The third kappa shape index (κ3) is 6.15. The van der Waals surface area contributed by atoms with E-state index in [1.54, 1.807) is 13.0 Å². The number of carbonyl (C=O) groups excluding carboxylic acids is 2.